The zero-order chi connectivity index (χ0) is 12.4. The third-order valence-electron chi connectivity index (χ3n) is 3.85. The maximum absolute atomic E-state index is 12.2. The molecule has 2 aliphatic heterocycles. The summed E-state index contributed by atoms with van der Waals surface area (Å²) in [5.74, 6) is 0.211. The summed E-state index contributed by atoms with van der Waals surface area (Å²) in [4.78, 5) is 17.7. The van der Waals surface area contributed by atoms with Gasteiger partial charge in [-0.25, -0.2) is 0 Å². The zero-order valence-corrected chi connectivity index (χ0v) is 11.3. The van der Waals surface area contributed by atoms with Crippen LogP contribution in [0.25, 0.3) is 0 Å². The van der Waals surface area contributed by atoms with E-state index in [9.17, 15) is 4.79 Å². The van der Waals surface area contributed by atoms with Gasteiger partial charge in [0.1, 0.15) is 0 Å². The van der Waals surface area contributed by atoms with Crippen LogP contribution in [-0.2, 0) is 0 Å². The highest BCUT2D eigenvalue weighted by Gasteiger charge is 2.31. The average Bonchev–Trinajstić information content (AvgIpc) is 3.10. The first-order valence-electron chi connectivity index (χ1n) is 6.62. The highest BCUT2D eigenvalue weighted by Crippen LogP contribution is 2.20. The molecule has 0 aromatic carbocycles. The highest BCUT2D eigenvalue weighted by atomic mass is 32.1. The van der Waals surface area contributed by atoms with Crippen LogP contribution in [0.2, 0.25) is 0 Å². The molecule has 0 radical (unpaired) electrons. The second kappa shape index (κ2) is 5.38. The predicted molar refractivity (Wildman–Crippen MR) is 73.1 cm³/mol. The molecule has 1 unspecified atom stereocenters. The Hall–Kier alpha value is -0.910. The van der Waals surface area contributed by atoms with Crippen molar-refractivity contribution in [2.24, 2.45) is 0 Å². The van der Waals surface area contributed by atoms with E-state index in [0.29, 0.717) is 6.04 Å². The fraction of sp³-hybridized carbons (Fsp3) is 0.615. The van der Waals surface area contributed by atoms with Crippen molar-refractivity contribution >= 4 is 17.2 Å². The van der Waals surface area contributed by atoms with E-state index in [4.69, 9.17) is 0 Å². The minimum Gasteiger partial charge on any atom is -0.336 e. The molecule has 4 nitrogen and oxygen atoms in total. The van der Waals surface area contributed by atoms with Gasteiger partial charge in [0.2, 0.25) is 0 Å². The molecule has 2 saturated heterocycles. The van der Waals surface area contributed by atoms with E-state index in [1.165, 1.54) is 11.3 Å². The van der Waals surface area contributed by atoms with Gasteiger partial charge < -0.3 is 10.2 Å². The third kappa shape index (κ3) is 2.43. The molecule has 3 rings (SSSR count). The Morgan fingerprint density at radius 3 is 2.89 bits per heavy atom. The Kier molecular flexibility index (Phi) is 3.63. The van der Waals surface area contributed by atoms with Crippen LogP contribution < -0.4 is 5.32 Å². The van der Waals surface area contributed by atoms with E-state index in [2.05, 4.69) is 10.2 Å². The van der Waals surface area contributed by atoms with Crippen LogP contribution >= 0.6 is 11.3 Å². The minimum atomic E-state index is 0.211. The lowest BCUT2D eigenvalue weighted by atomic mass is 10.2. The molecule has 0 saturated carbocycles. The van der Waals surface area contributed by atoms with E-state index >= 15 is 0 Å². The number of carbonyl (C=O) groups is 1. The molecule has 98 valence electrons. The van der Waals surface area contributed by atoms with Crippen LogP contribution in [0.1, 0.15) is 16.1 Å². The lowest BCUT2D eigenvalue weighted by Crippen LogP contribution is -2.49. The van der Waals surface area contributed by atoms with Gasteiger partial charge in [0.15, 0.2) is 0 Å². The Morgan fingerprint density at radius 2 is 2.17 bits per heavy atom. The van der Waals surface area contributed by atoms with Crippen molar-refractivity contribution in [3.8, 4) is 0 Å². The Balaban J connectivity index is 1.59. The number of likely N-dealkylation sites (tertiary alicyclic amines) is 1. The van der Waals surface area contributed by atoms with Crippen molar-refractivity contribution < 1.29 is 4.79 Å². The number of hydrogen-bond acceptors (Lipinski definition) is 4. The Bertz CT molecular complexity index is 400. The van der Waals surface area contributed by atoms with Crippen molar-refractivity contribution in [2.45, 2.75) is 12.5 Å². The molecule has 0 bridgehead atoms. The molecule has 3 heterocycles. The molecular weight excluding hydrogens is 246 g/mol. The summed E-state index contributed by atoms with van der Waals surface area (Å²) in [6.07, 6.45) is 1.12. The molecule has 1 N–H and O–H groups in total. The number of piperazine rings is 1. The second-order valence-electron chi connectivity index (χ2n) is 4.96. The van der Waals surface area contributed by atoms with Gasteiger partial charge in [-0.15, -0.1) is 11.3 Å². The van der Waals surface area contributed by atoms with Crippen LogP contribution in [0.3, 0.4) is 0 Å². The summed E-state index contributed by atoms with van der Waals surface area (Å²) in [7, 11) is 0. The van der Waals surface area contributed by atoms with Gasteiger partial charge in [0.25, 0.3) is 5.91 Å². The molecule has 5 heteroatoms. The van der Waals surface area contributed by atoms with Crippen LogP contribution in [0.5, 0.6) is 0 Å². The van der Waals surface area contributed by atoms with Crippen LogP contribution in [0, 0.1) is 0 Å². The predicted octanol–water partition coefficient (Wildman–Crippen LogP) is 0.868. The second-order valence-corrected chi connectivity index (χ2v) is 5.90. The van der Waals surface area contributed by atoms with Crippen molar-refractivity contribution in [2.75, 3.05) is 39.3 Å². The summed E-state index contributed by atoms with van der Waals surface area (Å²) in [5, 5.41) is 5.34. The van der Waals surface area contributed by atoms with Crippen LogP contribution in [0.15, 0.2) is 17.5 Å². The fourth-order valence-electron chi connectivity index (χ4n) is 2.83. The number of nitrogens with one attached hydrogen (secondary N) is 1. The van der Waals surface area contributed by atoms with Gasteiger partial charge in [-0.3, -0.25) is 9.69 Å². The van der Waals surface area contributed by atoms with E-state index in [1.807, 2.05) is 22.4 Å². The quantitative estimate of drug-likeness (QED) is 0.862. The molecule has 2 aliphatic rings. The van der Waals surface area contributed by atoms with Crippen LogP contribution in [0.4, 0.5) is 0 Å². The first-order valence-corrected chi connectivity index (χ1v) is 7.50. The van der Waals surface area contributed by atoms with Crippen molar-refractivity contribution in [1.82, 2.24) is 15.1 Å². The van der Waals surface area contributed by atoms with E-state index in [-0.39, 0.29) is 5.91 Å². The molecule has 1 amide bonds. The topological polar surface area (TPSA) is 35.6 Å². The lowest BCUT2D eigenvalue weighted by molar-refractivity contribution is 0.0778. The lowest BCUT2D eigenvalue weighted by Gasteiger charge is -2.32. The van der Waals surface area contributed by atoms with Gasteiger partial charge in [0, 0.05) is 45.3 Å². The largest absolute Gasteiger partial charge is 0.336 e. The molecule has 0 spiro atoms. The summed E-state index contributed by atoms with van der Waals surface area (Å²) in [6.45, 7) is 6.20. The highest BCUT2D eigenvalue weighted by molar-refractivity contribution is 7.12. The van der Waals surface area contributed by atoms with Crippen molar-refractivity contribution in [1.29, 1.82) is 0 Å². The van der Waals surface area contributed by atoms with Gasteiger partial charge in [-0.05, 0) is 17.9 Å². The van der Waals surface area contributed by atoms with Gasteiger partial charge in [-0.1, -0.05) is 6.07 Å². The van der Waals surface area contributed by atoms with Crippen LogP contribution in [-0.4, -0.2) is 61.0 Å². The molecule has 1 aromatic rings. The summed E-state index contributed by atoms with van der Waals surface area (Å²) < 4.78 is 0. The van der Waals surface area contributed by atoms with Gasteiger partial charge >= 0.3 is 0 Å². The number of hydrogen-bond donors (Lipinski definition) is 1. The third-order valence-corrected chi connectivity index (χ3v) is 4.71. The number of thiophene rings is 1. The summed E-state index contributed by atoms with van der Waals surface area (Å²) >= 11 is 1.54. The molecular formula is C13H19N3OS. The Morgan fingerprint density at radius 1 is 1.33 bits per heavy atom. The first kappa shape index (κ1) is 12.1. The van der Waals surface area contributed by atoms with E-state index in [0.717, 1.165) is 50.6 Å². The number of carbonyl (C=O) groups excluding carboxylic acids is 1. The molecule has 2 fully saturated rings. The average molecular weight is 265 g/mol. The normalized spacial score (nSPS) is 25.6. The summed E-state index contributed by atoms with van der Waals surface area (Å²) in [5.41, 5.74) is 0. The summed E-state index contributed by atoms with van der Waals surface area (Å²) in [6, 6.07) is 4.43. The van der Waals surface area contributed by atoms with E-state index in [1.54, 1.807) is 0 Å². The first-order chi connectivity index (χ1) is 8.84. The van der Waals surface area contributed by atoms with Crippen molar-refractivity contribution in [3.05, 3.63) is 22.4 Å². The number of amides is 1. The molecule has 0 aliphatic carbocycles. The SMILES string of the molecule is O=C(c1cccs1)N1CCC(N2CCNCC2)C1. The van der Waals surface area contributed by atoms with Crippen molar-refractivity contribution in [3.63, 3.8) is 0 Å². The molecule has 18 heavy (non-hydrogen) atoms. The van der Waals surface area contributed by atoms with Gasteiger partial charge in [-0.2, -0.15) is 0 Å². The maximum atomic E-state index is 12.2. The number of rotatable bonds is 2. The molecule has 1 aromatic heterocycles. The Labute approximate surface area is 112 Å². The zero-order valence-electron chi connectivity index (χ0n) is 10.5. The fourth-order valence-corrected chi connectivity index (χ4v) is 3.52. The minimum absolute atomic E-state index is 0.211. The standard InChI is InChI=1S/C13H19N3OS/c17-13(12-2-1-9-18-12)16-6-3-11(10-16)15-7-4-14-5-8-15/h1-2,9,11,14H,3-8,10H2. The number of nitrogens with zero attached hydrogens (tertiary/aromatic N) is 2. The maximum Gasteiger partial charge on any atom is 0.263 e. The smallest absolute Gasteiger partial charge is 0.263 e. The van der Waals surface area contributed by atoms with Gasteiger partial charge in [0.05, 0.1) is 4.88 Å². The molecule has 1 atom stereocenters. The van der Waals surface area contributed by atoms with E-state index < -0.39 is 0 Å². The monoisotopic (exact) mass is 265 g/mol.